The monoisotopic (exact) mass is 417 g/mol. The number of hydrogen-bond donors (Lipinski definition) is 0. The molecule has 2 heterocycles. The first-order valence-corrected chi connectivity index (χ1v) is 11.2. The lowest BCUT2D eigenvalue weighted by Crippen LogP contribution is -2.31. The molecule has 1 saturated heterocycles. The van der Waals surface area contributed by atoms with Crippen LogP contribution >= 0.6 is 11.3 Å². The molecule has 1 unspecified atom stereocenters. The molecule has 3 aromatic rings. The van der Waals surface area contributed by atoms with Crippen LogP contribution in [0.1, 0.15) is 35.0 Å². The Bertz CT molecular complexity index is 1150. The summed E-state index contributed by atoms with van der Waals surface area (Å²) in [7, 11) is -3.89. The quantitative estimate of drug-likeness (QED) is 0.465. The van der Waals surface area contributed by atoms with Gasteiger partial charge in [-0.05, 0) is 49.9 Å². The number of nitrogens with zero attached hydrogens (tertiary/aromatic N) is 3. The molecule has 0 N–H and O–H groups in total. The number of thiazole rings is 1. The van der Waals surface area contributed by atoms with Crippen LogP contribution in [0.3, 0.4) is 0 Å². The summed E-state index contributed by atoms with van der Waals surface area (Å²) in [4.78, 5) is 15.3. The second-order valence-corrected chi connectivity index (χ2v) is 9.86. The molecule has 7 nitrogen and oxygen atoms in total. The van der Waals surface area contributed by atoms with Gasteiger partial charge in [0.1, 0.15) is 5.01 Å². The van der Waals surface area contributed by atoms with Gasteiger partial charge in [-0.15, -0.1) is 11.3 Å². The summed E-state index contributed by atoms with van der Waals surface area (Å²) in [6.07, 6.45) is 1.42. The van der Waals surface area contributed by atoms with E-state index < -0.39 is 14.9 Å². The Hall–Kier alpha value is -2.36. The predicted octanol–water partition coefficient (Wildman–Crippen LogP) is 4.35. The fraction of sp³-hybridized carbons (Fsp3) is 0.316. The molecular formula is C19H19N3O4S2. The van der Waals surface area contributed by atoms with Crippen molar-refractivity contribution < 1.29 is 13.3 Å². The fourth-order valence-corrected chi connectivity index (χ4v) is 6.78. The number of nitro benzene ring substituents is 1. The van der Waals surface area contributed by atoms with Gasteiger partial charge >= 0.3 is 0 Å². The van der Waals surface area contributed by atoms with Crippen molar-refractivity contribution in [3.8, 4) is 0 Å². The average Bonchev–Trinajstić information content (AvgIpc) is 3.30. The zero-order valence-electron chi connectivity index (χ0n) is 15.5. The van der Waals surface area contributed by atoms with Gasteiger partial charge in [0.15, 0.2) is 0 Å². The minimum absolute atomic E-state index is 0.00668. The predicted molar refractivity (Wildman–Crippen MR) is 108 cm³/mol. The Kier molecular flexibility index (Phi) is 4.68. The van der Waals surface area contributed by atoms with Crippen LogP contribution in [-0.4, -0.2) is 29.2 Å². The van der Waals surface area contributed by atoms with E-state index in [4.69, 9.17) is 0 Å². The molecule has 1 aromatic heterocycles. The highest BCUT2D eigenvalue weighted by atomic mass is 32.2. The van der Waals surface area contributed by atoms with Gasteiger partial charge < -0.3 is 0 Å². The number of aromatic nitrogens is 1. The Labute approximate surface area is 166 Å². The van der Waals surface area contributed by atoms with Gasteiger partial charge in [-0.2, -0.15) is 4.31 Å². The Morgan fingerprint density at radius 2 is 2.00 bits per heavy atom. The van der Waals surface area contributed by atoms with Crippen molar-refractivity contribution in [3.05, 3.63) is 62.6 Å². The molecule has 0 radical (unpaired) electrons. The molecule has 1 aliphatic rings. The Balaban J connectivity index is 1.79. The van der Waals surface area contributed by atoms with Crippen LogP contribution in [0, 0.1) is 24.0 Å². The van der Waals surface area contributed by atoms with Crippen LogP contribution in [0.4, 0.5) is 5.69 Å². The first-order valence-electron chi connectivity index (χ1n) is 8.92. The molecule has 0 aliphatic carbocycles. The highest BCUT2D eigenvalue weighted by Crippen LogP contribution is 2.40. The van der Waals surface area contributed by atoms with E-state index in [0.29, 0.717) is 24.1 Å². The molecule has 0 spiro atoms. The molecule has 2 aromatic carbocycles. The highest BCUT2D eigenvalue weighted by Gasteiger charge is 2.39. The van der Waals surface area contributed by atoms with Crippen molar-refractivity contribution in [2.45, 2.75) is 37.6 Å². The van der Waals surface area contributed by atoms with E-state index in [9.17, 15) is 18.5 Å². The summed E-state index contributed by atoms with van der Waals surface area (Å²) in [5.74, 6) is 0. The van der Waals surface area contributed by atoms with Crippen LogP contribution in [0.25, 0.3) is 10.2 Å². The van der Waals surface area contributed by atoms with E-state index >= 15 is 0 Å². The molecule has 146 valence electrons. The molecule has 28 heavy (non-hydrogen) atoms. The summed E-state index contributed by atoms with van der Waals surface area (Å²) in [6.45, 7) is 3.76. The number of sulfonamides is 1. The van der Waals surface area contributed by atoms with Gasteiger partial charge in [0.2, 0.25) is 10.0 Å². The third kappa shape index (κ3) is 3.09. The smallest absolute Gasteiger partial charge is 0.258 e. The van der Waals surface area contributed by atoms with Crippen LogP contribution in [0.15, 0.2) is 41.3 Å². The molecule has 0 saturated carbocycles. The van der Waals surface area contributed by atoms with Gasteiger partial charge in [0.05, 0.1) is 26.1 Å². The van der Waals surface area contributed by atoms with E-state index in [1.165, 1.54) is 27.8 Å². The Morgan fingerprint density at radius 3 is 2.71 bits per heavy atom. The largest absolute Gasteiger partial charge is 0.271 e. The minimum atomic E-state index is -3.89. The number of rotatable bonds is 4. The molecule has 4 rings (SSSR count). The van der Waals surface area contributed by atoms with Crippen molar-refractivity contribution in [1.29, 1.82) is 0 Å². The van der Waals surface area contributed by atoms with E-state index in [0.717, 1.165) is 21.6 Å². The van der Waals surface area contributed by atoms with Crippen molar-refractivity contribution >= 4 is 37.3 Å². The summed E-state index contributed by atoms with van der Waals surface area (Å²) in [6, 6.07) is 9.96. The van der Waals surface area contributed by atoms with Crippen molar-refractivity contribution in [3.63, 3.8) is 0 Å². The summed E-state index contributed by atoms with van der Waals surface area (Å²) in [5, 5.41) is 12.0. The molecular weight excluding hydrogens is 398 g/mol. The van der Waals surface area contributed by atoms with Crippen LogP contribution < -0.4 is 0 Å². The molecule has 1 aliphatic heterocycles. The van der Waals surface area contributed by atoms with E-state index in [2.05, 4.69) is 4.98 Å². The second-order valence-electron chi connectivity index (χ2n) is 6.94. The average molecular weight is 418 g/mol. The zero-order valence-corrected chi connectivity index (χ0v) is 17.1. The van der Waals surface area contributed by atoms with E-state index in [1.807, 2.05) is 24.3 Å². The molecule has 9 heteroatoms. The van der Waals surface area contributed by atoms with Gasteiger partial charge in [-0.3, -0.25) is 10.1 Å². The number of hydrogen-bond acceptors (Lipinski definition) is 6. The van der Waals surface area contributed by atoms with Gasteiger partial charge in [0, 0.05) is 18.7 Å². The zero-order chi connectivity index (χ0) is 20.1. The summed E-state index contributed by atoms with van der Waals surface area (Å²) < 4.78 is 29.4. The molecule has 0 amide bonds. The summed E-state index contributed by atoms with van der Waals surface area (Å²) >= 11 is 1.50. The lowest BCUT2D eigenvalue weighted by molar-refractivity contribution is -0.385. The third-order valence-corrected chi connectivity index (χ3v) is 8.37. The maximum absolute atomic E-state index is 13.5. The highest BCUT2D eigenvalue weighted by molar-refractivity contribution is 7.89. The van der Waals surface area contributed by atoms with Crippen LogP contribution in [0.2, 0.25) is 0 Å². The molecule has 1 atom stereocenters. The number of non-ortho nitro benzene ring substituents is 1. The number of aryl methyl sites for hydroxylation is 1. The lowest BCUT2D eigenvalue weighted by atomic mass is 10.1. The number of para-hydroxylation sites is 1. The minimum Gasteiger partial charge on any atom is -0.258 e. The topological polar surface area (TPSA) is 93.4 Å². The molecule has 1 fully saturated rings. The third-order valence-electron chi connectivity index (χ3n) is 5.20. The van der Waals surface area contributed by atoms with Crippen molar-refractivity contribution in [2.75, 3.05) is 6.54 Å². The normalized spacial score (nSPS) is 18.0. The Morgan fingerprint density at radius 1 is 1.25 bits per heavy atom. The first-order chi connectivity index (χ1) is 13.3. The van der Waals surface area contributed by atoms with Gasteiger partial charge in [-0.1, -0.05) is 12.1 Å². The van der Waals surface area contributed by atoms with Crippen LogP contribution in [0.5, 0.6) is 0 Å². The van der Waals surface area contributed by atoms with E-state index in [1.54, 1.807) is 13.8 Å². The van der Waals surface area contributed by atoms with Crippen molar-refractivity contribution in [2.24, 2.45) is 0 Å². The number of benzene rings is 2. The fourth-order valence-electron chi connectivity index (χ4n) is 3.62. The first kappa shape index (κ1) is 19.0. The van der Waals surface area contributed by atoms with Crippen LogP contribution in [-0.2, 0) is 10.0 Å². The number of nitro groups is 1. The molecule has 0 bridgehead atoms. The van der Waals surface area contributed by atoms with Gasteiger partial charge in [0.25, 0.3) is 5.69 Å². The maximum Gasteiger partial charge on any atom is 0.271 e. The van der Waals surface area contributed by atoms with Crippen molar-refractivity contribution in [1.82, 2.24) is 9.29 Å². The summed E-state index contributed by atoms with van der Waals surface area (Å²) in [5.41, 5.74) is 1.77. The lowest BCUT2D eigenvalue weighted by Gasteiger charge is -2.23. The SMILES string of the molecule is Cc1cc([N+](=O)[O-])cc(S(=O)(=O)N2CCCC2c2nc3ccccc3s2)c1C. The van der Waals surface area contributed by atoms with E-state index in [-0.39, 0.29) is 16.6 Å². The standard InChI is InChI=1S/C19H19N3O4S2/c1-12-10-14(22(23)24)11-18(13(12)2)28(25,26)21-9-5-7-16(21)19-20-15-6-3-4-8-17(15)27-19/h3-4,6,8,10-11,16H,5,7,9H2,1-2H3. The number of fused-ring (bicyclic) bond motifs is 1. The second kappa shape index (κ2) is 6.91. The maximum atomic E-state index is 13.5. The van der Waals surface area contributed by atoms with Gasteiger partial charge in [-0.25, -0.2) is 13.4 Å².